The molecule has 254 valence electrons. The van der Waals surface area contributed by atoms with Crippen LogP contribution in [0.15, 0.2) is 182 Å². The van der Waals surface area contributed by atoms with Crippen LogP contribution in [0.3, 0.4) is 0 Å². The van der Waals surface area contributed by atoms with Gasteiger partial charge in [-0.15, -0.1) is 0 Å². The molecule has 1 aromatic heterocycles. The summed E-state index contributed by atoms with van der Waals surface area (Å²) >= 11 is 0. The second-order valence-corrected chi connectivity index (χ2v) is 14.2. The molecule has 0 saturated heterocycles. The van der Waals surface area contributed by atoms with Crippen molar-refractivity contribution < 1.29 is 0 Å². The highest BCUT2D eigenvalue weighted by atomic mass is 15.0. The Hall–Kier alpha value is -7.48. The third-order valence-electron chi connectivity index (χ3n) is 11.4. The van der Waals surface area contributed by atoms with Gasteiger partial charge in [0.05, 0.1) is 12.0 Å². The van der Waals surface area contributed by atoms with Crippen molar-refractivity contribution in [3.8, 4) is 67.5 Å². The van der Waals surface area contributed by atoms with Gasteiger partial charge in [0, 0.05) is 16.7 Å². The predicted molar refractivity (Wildman–Crippen MR) is 222 cm³/mol. The Morgan fingerprint density at radius 2 is 0.927 bits per heavy atom. The molecule has 4 nitrogen and oxygen atoms in total. The summed E-state index contributed by atoms with van der Waals surface area (Å²) < 4.78 is 0. The molecule has 0 radical (unpaired) electrons. The quantitative estimate of drug-likeness (QED) is 0.172. The van der Waals surface area contributed by atoms with Crippen LogP contribution < -0.4 is 0 Å². The first kappa shape index (κ1) is 31.1. The fourth-order valence-electron chi connectivity index (χ4n) is 9.08. The minimum Gasteiger partial charge on any atom is -0.238 e. The van der Waals surface area contributed by atoms with Gasteiger partial charge >= 0.3 is 0 Å². The van der Waals surface area contributed by atoms with Gasteiger partial charge in [-0.05, 0) is 78.5 Å². The fraction of sp³-hybridized carbons (Fsp3) is 0.0196. The molecule has 2 aliphatic carbocycles. The molecule has 8 aromatic carbocycles. The first-order chi connectivity index (χ1) is 27.2. The van der Waals surface area contributed by atoms with Crippen LogP contribution in [0, 0.1) is 6.57 Å². The summed E-state index contributed by atoms with van der Waals surface area (Å²) in [7, 11) is 0. The van der Waals surface area contributed by atoms with E-state index in [0.717, 1.165) is 49.7 Å². The molecule has 2 aliphatic rings. The maximum absolute atomic E-state index is 7.98. The SMILES string of the molecule is [C-]#[N+]c1ccc2c(c1)-c1c(-c3cccc(-c4nc(-c5ccccc5)nc(-c5cccc6ccccc56)n4)c3)cccc1C21c2ccccc2-c2ccccc21. The van der Waals surface area contributed by atoms with E-state index < -0.39 is 5.41 Å². The highest BCUT2D eigenvalue weighted by Crippen LogP contribution is 2.64. The number of hydrogen-bond acceptors (Lipinski definition) is 3. The van der Waals surface area contributed by atoms with Crippen molar-refractivity contribution >= 4 is 16.5 Å². The van der Waals surface area contributed by atoms with Gasteiger partial charge in [-0.3, -0.25) is 0 Å². The van der Waals surface area contributed by atoms with Crippen LogP contribution in [-0.4, -0.2) is 15.0 Å². The van der Waals surface area contributed by atoms with E-state index in [9.17, 15) is 0 Å². The number of nitrogens with zero attached hydrogens (tertiary/aromatic N) is 4. The van der Waals surface area contributed by atoms with E-state index >= 15 is 0 Å². The molecule has 0 N–H and O–H groups in total. The third kappa shape index (κ3) is 4.54. The van der Waals surface area contributed by atoms with E-state index in [0.29, 0.717) is 23.2 Å². The number of benzene rings is 8. The van der Waals surface area contributed by atoms with Crippen molar-refractivity contribution in [3.63, 3.8) is 0 Å². The Balaban J connectivity index is 1.14. The van der Waals surface area contributed by atoms with Crippen LogP contribution in [-0.2, 0) is 5.41 Å². The lowest BCUT2D eigenvalue weighted by atomic mass is 9.70. The zero-order valence-electron chi connectivity index (χ0n) is 29.6. The van der Waals surface area contributed by atoms with Crippen LogP contribution in [0.2, 0.25) is 0 Å². The average molecular weight is 699 g/mol. The highest BCUT2D eigenvalue weighted by molar-refractivity contribution is 6.01. The Labute approximate surface area is 318 Å². The highest BCUT2D eigenvalue weighted by Gasteiger charge is 2.52. The number of aromatic nitrogens is 3. The maximum Gasteiger partial charge on any atom is 0.187 e. The lowest BCUT2D eigenvalue weighted by Crippen LogP contribution is -2.25. The summed E-state index contributed by atoms with van der Waals surface area (Å²) in [4.78, 5) is 19.2. The van der Waals surface area contributed by atoms with E-state index in [1.165, 1.54) is 33.4 Å². The van der Waals surface area contributed by atoms with Crippen molar-refractivity contribution in [3.05, 3.63) is 216 Å². The van der Waals surface area contributed by atoms with Crippen LogP contribution in [0.4, 0.5) is 5.69 Å². The van der Waals surface area contributed by atoms with E-state index in [1.54, 1.807) is 0 Å². The van der Waals surface area contributed by atoms with Gasteiger partial charge in [0.1, 0.15) is 0 Å². The average Bonchev–Trinajstić information content (AvgIpc) is 3.73. The molecule has 0 amide bonds. The van der Waals surface area contributed by atoms with Crippen molar-refractivity contribution in [2.45, 2.75) is 5.41 Å². The Morgan fingerprint density at radius 1 is 0.382 bits per heavy atom. The topological polar surface area (TPSA) is 43.0 Å². The second kappa shape index (κ2) is 12.0. The normalized spacial score (nSPS) is 12.9. The molecule has 9 aromatic rings. The first-order valence-corrected chi connectivity index (χ1v) is 18.5. The summed E-state index contributed by atoms with van der Waals surface area (Å²) in [5.41, 5.74) is 14.8. The van der Waals surface area contributed by atoms with E-state index in [4.69, 9.17) is 21.5 Å². The Kier molecular flexibility index (Phi) is 6.80. The van der Waals surface area contributed by atoms with Crippen molar-refractivity contribution in [2.24, 2.45) is 0 Å². The van der Waals surface area contributed by atoms with Gasteiger partial charge in [-0.25, -0.2) is 19.8 Å². The molecular formula is C51H30N4. The molecular weight excluding hydrogens is 669 g/mol. The minimum absolute atomic E-state index is 0.502. The van der Waals surface area contributed by atoms with Crippen LogP contribution >= 0.6 is 0 Å². The van der Waals surface area contributed by atoms with Crippen LogP contribution in [0.25, 0.3) is 83.2 Å². The lowest BCUT2D eigenvalue weighted by Gasteiger charge is -2.30. The molecule has 1 heterocycles. The smallest absolute Gasteiger partial charge is 0.187 e. The first-order valence-electron chi connectivity index (χ1n) is 18.5. The zero-order valence-corrected chi connectivity index (χ0v) is 29.6. The fourth-order valence-corrected chi connectivity index (χ4v) is 9.08. The molecule has 0 bridgehead atoms. The molecule has 1 spiro atoms. The largest absolute Gasteiger partial charge is 0.238 e. The molecule has 11 rings (SSSR count). The van der Waals surface area contributed by atoms with Crippen LogP contribution in [0.5, 0.6) is 0 Å². The maximum atomic E-state index is 7.98. The number of hydrogen-bond donors (Lipinski definition) is 0. The summed E-state index contributed by atoms with van der Waals surface area (Å²) in [6, 6.07) is 63.8. The molecule has 0 unspecified atom stereocenters. The molecule has 0 saturated carbocycles. The van der Waals surface area contributed by atoms with Gasteiger partial charge in [0.25, 0.3) is 0 Å². The predicted octanol–water partition coefficient (Wildman–Crippen LogP) is 12.6. The van der Waals surface area contributed by atoms with Gasteiger partial charge in [0.2, 0.25) is 0 Å². The van der Waals surface area contributed by atoms with E-state index in [-0.39, 0.29) is 0 Å². The lowest BCUT2D eigenvalue weighted by molar-refractivity contribution is 0.794. The molecule has 0 atom stereocenters. The molecule has 0 fully saturated rings. The van der Waals surface area contributed by atoms with Gasteiger partial charge < -0.3 is 0 Å². The molecule has 55 heavy (non-hydrogen) atoms. The monoisotopic (exact) mass is 698 g/mol. The van der Waals surface area contributed by atoms with Crippen molar-refractivity contribution in [1.82, 2.24) is 15.0 Å². The second-order valence-electron chi connectivity index (χ2n) is 14.2. The van der Waals surface area contributed by atoms with Crippen LogP contribution in [0.1, 0.15) is 22.3 Å². The van der Waals surface area contributed by atoms with E-state index in [2.05, 4.69) is 150 Å². The minimum atomic E-state index is -0.502. The Morgan fingerprint density at radius 3 is 1.73 bits per heavy atom. The summed E-state index contributed by atoms with van der Waals surface area (Å²) in [6.07, 6.45) is 0. The summed E-state index contributed by atoms with van der Waals surface area (Å²) in [6.45, 7) is 7.98. The number of fused-ring (bicyclic) bond motifs is 11. The molecule has 0 aliphatic heterocycles. The summed E-state index contributed by atoms with van der Waals surface area (Å²) in [5.74, 6) is 1.87. The Bertz CT molecular complexity index is 3010. The van der Waals surface area contributed by atoms with Crippen molar-refractivity contribution in [1.29, 1.82) is 0 Å². The standard InChI is InChI=1S/C51H30N4/c1-52-36-28-29-45-42(31-36)47-38(23-13-27-46(47)51(45)43-25-9-7-21-39(43)40-22-8-10-26-44(40)51)34-18-11-19-35(30-34)49-53-48(33-15-3-2-4-16-33)54-50(55-49)41-24-12-17-32-14-5-6-20-37(32)41/h2-31H. The number of rotatable bonds is 4. The van der Waals surface area contributed by atoms with Gasteiger partial charge in [-0.2, -0.15) is 0 Å². The van der Waals surface area contributed by atoms with E-state index in [1.807, 2.05) is 36.4 Å². The third-order valence-corrected chi connectivity index (χ3v) is 11.4. The van der Waals surface area contributed by atoms with Gasteiger partial charge in [0.15, 0.2) is 23.2 Å². The summed E-state index contributed by atoms with van der Waals surface area (Å²) in [5, 5.41) is 2.23. The molecule has 4 heteroatoms. The van der Waals surface area contributed by atoms with Crippen molar-refractivity contribution in [2.75, 3.05) is 0 Å². The van der Waals surface area contributed by atoms with Gasteiger partial charge in [-0.1, -0.05) is 170 Å². The zero-order chi connectivity index (χ0) is 36.5.